The van der Waals surface area contributed by atoms with Crippen molar-refractivity contribution in [3.63, 3.8) is 0 Å². The van der Waals surface area contributed by atoms with Crippen LogP contribution in [0.5, 0.6) is 0 Å². The molecule has 1 aromatic heterocycles. The number of alkyl halides is 4. The maximum Gasteiger partial charge on any atom is 0.390 e. The Morgan fingerprint density at radius 1 is 1.33 bits per heavy atom. The Labute approximate surface area is 156 Å². The molecule has 1 atom stereocenters. The number of rotatable bonds is 6. The molecule has 1 heterocycles. The van der Waals surface area contributed by atoms with Crippen LogP contribution < -0.4 is 5.32 Å². The molecule has 0 saturated carbocycles. The standard InChI is InChI=1S/C16H15ClF3IN2O/c17-10(9-16(18,19)20)3-1-5-14(24)23-13-7-6-12(21)11-4-2-8-22-15(11)13/h2,4,6-8,10H,1,3,5,9H2,(H,23,24). The number of fused-ring (bicyclic) bond motifs is 1. The lowest BCUT2D eigenvalue weighted by molar-refractivity contribution is -0.134. The molecule has 0 aliphatic carbocycles. The Kier molecular flexibility index (Phi) is 6.68. The van der Waals surface area contributed by atoms with Gasteiger partial charge in [0.15, 0.2) is 0 Å². The van der Waals surface area contributed by atoms with E-state index < -0.39 is 18.0 Å². The number of halogens is 5. The third-order valence-corrected chi connectivity index (χ3v) is 4.68. The van der Waals surface area contributed by atoms with Crippen molar-refractivity contribution in [2.45, 2.75) is 37.2 Å². The van der Waals surface area contributed by atoms with Gasteiger partial charge in [0.25, 0.3) is 0 Å². The van der Waals surface area contributed by atoms with Crippen LogP contribution in [-0.2, 0) is 4.79 Å². The van der Waals surface area contributed by atoms with Gasteiger partial charge in [-0.25, -0.2) is 0 Å². The monoisotopic (exact) mass is 470 g/mol. The fourth-order valence-electron chi connectivity index (χ4n) is 2.29. The Balaban J connectivity index is 1.91. The van der Waals surface area contributed by atoms with Crippen molar-refractivity contribution in [2.75, 3.05) is 5.32 Å². The number of carbonyl (C=O) groups is 1. The van der Waals surface area contributed by atoms with E-state index in [0.29, 0.717) is 17.6 Å². The summed E-state index contributed by atoms with van der Waals surface area (Å²) < 4.78 is 37.6. The summed E-state index contributed by atoms with van der Waals surface area (Å²) in [5.74, 6) is -0.265. The summed E-state index contributed by atoms with van der Waals surface area (Å²) in [5.41, 5.74) is 1.28. The highest BCUT2D eigenvalue weighted by atomic mass is 127. The summed E-state index contributed by atoms with van der Waals surface area (Å²) in [7, 11) is 0. The van der Waals surface area contributed by atoms with Gasteiger partial charge in [0, 0.05) is 27.0 Å². The number of pyridine rings is 1. The summed E-state index contributed by atoms with van der Waals surface area (Å²) in [6, 6.07) is 7.37. The molecule has 2 aromatic rings. The number of hydrogen-bond donors (Lipinski definition) is 1. The van der Waals surface area contributed by atoms with E-state index in [1.54, 1.807) is 12.3 Å². The zero-order valence-electron chi connectivity index (χ0n) is 12.5. The number of amides is 1. The highest BCUT2D eigenvalue weighted by molar-refractivity contribution is 14.1. The second-order valence-electron chi connectivity index (χ2n) is 5.35. The Morgan fingerprint density at radius 3 is 2.79 bits per heavy atom. The predicted octanol–water partition coefficient (Wildman–Crippen LogP) is 5.51. The minimum atomic E-state index is -4.28. The van der Waals surface area contributed by atoms with Crippen molar-refractivity contribution in [1.29, 1.82) is 0 Å². The predicted molar refractivity (Wildman–Crippen MR) is 97.3 cm³/mol. The zero-order valence-corrected chi connectivity index (χ0v) is 15.5. The molecule has 130 valence electrons. The van der Waals surface area contributed by atoms with Gasteiger partial charge in [-0.2, -0.15) is 13.2 Å². The fraction of sp³-hybridized carbons (Fsp3) is 0.375. The van der Waals surface area contributed by atoms with Gasteiger partial charge in [-0.05, 0) is 53.6 Å². The summed E-state index contributed by atoms with van der Waals surface area (Å²) in [6.07, 6.45) is -3.13. The molecule has 1 aromatic carbocycles. The second-order valence-corrected chi connectivity index (χ2v) is 7.13. The van der Waals surface area contributed by atoms with Crippen molar-refractivity contribution in [1.82, 2.24) is 4.98 Å². The van der Waals surface area contributed by atoms with Crippen molar-refractivity contribution in [3.8, 4) is 0 Å². The van der Waals surface area contributed by atoms with Crippen molar-refractivity contribution < 1.29 is 18.0 Å². The van der Waals surface area contributed by atoms with Crippen LogP contribution in [0.2, 0.25) is 0 Å². The number of benzene rings is 1. The van der Waals surface area contributed by atoms with Gasteiger partial charge in [0.2, 0.25) is 5.91 Å². The summed E-state index contributed by atoms with van der Waals surface area (Å²) in [5, 5.41) is 2.70. The number of hydrogen-bond acceptors (Lipinski definition) is 2. The van der Waals surface area contributed by atoms with E-state index in [1.807, 2.05) is 18.2 Å². The second kappa shape index (κ2) is 8.33. The van der Waals surface area contributed by atoms with Crippen molar-refractivity contribution in [3.05, 3.63) is 34.0 Å². The number of nitrogens with one attached hydrogen (secondary N) is 1. The highest BCUT2D eigenvalue weighted by Crippen LogP contribution is 2.28. The molecular weight excluding hydrogens is 456 g/mol. The molecule has 0 fully saturated rings. The Hall–Kier alpha value is -1.09. The lowest BCUT2D eigenvalue weighted by atomic mass is 10.1. The van der Waals surface area contributed by atoms with Crippen LogP contribution in [0.4, 0.5) is 18.9 Å². The lowest BCUT2D eigenvalue weighted by Gasteiger charge is -2.12. The molecule has 1 amide bonds. The first-order chi connectivity index (χ1) is 11.3. The Bertz CT molecular complexity index is 724. The van der Waals surface area contributed by atoms with E-state index >= 15 is 0 Å². The fourth-order valence-corrected chi connectivity index (χ4v) is 3.23. The van der Waals surface area contributed by atoms with E-state index in [-0.39, 0.29) is 18.7 Å². The maximum absolute atomic E-state index is 12.2. The summed E-state index contributed by atoms with van der Waals surface area (Å²) in [4.78, 5) is 16.3. The summed E-state index contributed by atoms with van der Waals surface area (Å²) >= 11 is 7.83. The average molecular weight is 471 g/mol. The largest absolute Gasteiger partial charge is 0.390 e. The first kappa shape index (κ1) is 19.2. The average Bonchev–Trinajstić information content (AvgIpc) is 2.48. The molecule has 1 unspecified atom stereocenters. The number of aromatic nitrogens is 1. The van der Waals surface area contributed by atoms with Gasteiger partial charge in [0.05, 0.1) is 17.6 Å². The van der Waals surface area contributed by atoms with Crippen LogP contribution in [0.1, 0.15) is 25.7 Å². The van der Waals surface area contributed by atoms with E-state index in [4.69, 9.17) is 11.6 Å². The number of anilines is 1. The quantitative estimate of drug-likeness (QED) is 0.447. The minimum absolute atomic E-state index is 0.112. The van der Waals surface area contributed by atoms with Crippen molar-refractivity contribution in [2.24, 2.45) is 0 Å². The van der Waals surface area contributed by atoms with Crippen LogP contribution in [-0.4, -0.2) is 22.4 Å². The van der Waals surface area contributed by atoms with Crippen LogP contribution in [0.25, 0.3) is 10.9 Å². The van der Waals surface area contributed by atoms with Gasteiger partial charge in [-0.15, -0.1) is 11.6 Å². The van der Waals surface area contributed by atoms with Crippen LogP contribution >= 0.6 is 34.2 Å². The number of carbonyl (C=O) groups excluding carboxylic acids is 1. The van der Waals surface area contributed by atoms with E-state index in [0.717, 1.165) is 8.96 Å². The summed E-state index contributed by atoms with van der Waals surface area (Å²) in [6.45, 7) is 0. The molecule has 0 aliphatic heterocycles. The third-order valence-electron chi connectivity index (χ3n) is 3.36. The number of nitrogens with zero attached hydrogens (tertiary/aromatic N) is 1. The SMILES string of the molecule is O=C(CCCC(Cl)CC(F)(F)F)Nc1ccc(I)c2cccnc12. The zero-order chi connectivity index (χ0) is 17.7. The molecule has 0 saturated heterocycles. The van der Waals surface area contributed by atoms with E-state index in [2.05, 4.69) is 32.9 Å². The van der Waals surface area contributed by atoms with Crippen LogP contribution in [0.3, 0.4) is 0 Å². The topological polar surface area (TPSA) is 42.0 Å². The molecule has 8 heteroatoms. The normalized spacial score (nSPS) is 13.0. The minimum Gasteiger partial charge on any atom is -0.324 e. The van der Waals surface area contributed by atoms with E-state index in [9.17, 15) is 18.0 Å². The maximum atomic E-state index is 12.2. The highest BCUT2D eigenvalue weighted by Gasteiger charge is 2.30. The molecule has 0 aliphatic rings. The van der Waals surface area contributed by atoms with Crippen molar-refractivity contribution >= 4 is 56.7 Å². The molecule has 24 heavy (non-hydrogen) atoms. The third kappa shape index (κ3) is 5.77. The van der Waals surface area contributed by atoms with Crippen LogP contribution in [0.15, 0.2) is 30.5 Å². The molecule has 1 N–H and O–H groups in total. The lowest BCUT2D eigenvalue weighted by Crippen LogP contribution is -2.16. The van der Waals surface area contributed by atoms with Crippen LogP contribution in [0, 0.1) is 3.57 Å². The van der Waals surface area contributed by atoms with Gasteiger partial charge in [0.1, 0.15) is 0 Å². The molecule has 0 spiro atoms. The smallest absolute Gasteiger partial charge is 0.324 e. The van der Waals surface area contributed by atoms with Gasteiger partial charge in [-0.1, -0.05) is 6.07 Å². The molecule has 2 rings (SSSR count). The van der Waals surface area contributed by atoms with Gasteiger partial charge in [-0.3, -0.25) is 9.78 Å². The van der Waals surface area contributed by atoms with E-state index in [1.165, 1.54) is 0 Å². The Morgan fingerprint density at radius 2 is 2.08 bits per heavy atom. The molecule has 0 bridgehead atoms. The molecule has 3 nitrogen and oxygen atoms in total. The first-order valence-electron chi connectivity index (χ1n) is 7.30. The molecule has 0 radical (unpaired) electrons. The van der Waals surface area contributed by atoms with Gasteiger partial charge >= 0.3 is 6.18 Å². The van der Waals surface area contributed by atoms with Gasteiger partial charge < -0.3 is 5.32 Å². The first-order valence-corrected chi connectivity index (χ1v) is 8.81. The molecular formula is C16H15ClF3IN2O.